The summed E-state index contributed by atoms with van der Waals surface area (Å²) < 4.78 is 0. The summed E-state index contributed by atoms with van der Waals surface area (Å²) in [5.74, 6) is 2.57. The van der Waals surface area contributed by atoms with Crippen LogP contribution in [-0.4, -0.2) is 48.6 Å². The molecule has 0 aliphatic carbocycles. The molecule has 0 spiro atoms. The maximum absolute atomic E-state index is 3.62. The van der Waals surface area contributed by atoms with Gasteiger partial charge in [-0.2, -0.15) is 11.8 Å². The van der Waals surface area contributed by atoms with Crippen LogP contribution < -0.4 is 5.32 Å². The Hall–Kier alpha value is 0.270. The normalized spacial score (nSPS) is 22.5. The van der Waals surface area contributed by atoms with Gasteiger partial charge in [0.2, 0.25) is 0 Å². The third-order valence-electron chi connectivity index (χ3n) is 3.38. The minimum Gasteiger partial charge on any atom is -0.315 e. The lowest BCUT2D eigenvalue weighted by molar-refractivity contribution is 0.153. The lowest BCUT2D eigenvalue weighted by Crippen LogP contribution is -2.45. The van der Waals surface area contributed by atoms with Crippen LogP contribution in [-0.2, 0) is 0 Å². The fraction of sp³-hybridized carbons (Fsp3) is 1.00. The zero-order chi connectivity index (χ0) is 11.6. The Labute approximate surface area is 106 Å². The second-order valence-electron chi connectivity index (χ2n) is 4.53. The van der Waals surface area contributed by atoms with Crippen molar-refractivity contribution in [1.82, 2.24) is 10.2 Å². The molecule has 2 nitrogen and oxygen atoms in total. The van der Waals surface area contributed by atoms with E-state index in [0.29, 0.717) is 0 Å². The van der Waals surface area contributed by atoms with E-state index in [-0.39, 0.29) is 0 Å². The minimum absolute atomic E-state index is 0.803. The number of hydrogen-bond donors (Lipinski definition) is 1. The molecule has 16 heavy (non-hydrogen) atoms. The van der Waals surface area contributed by atoms with Gasteiger partial charge in [-0.1, -0.05) is 20.3 Å². The van der Waals surface area contributed by atoms with E-state index in [2.05, 4.69) is 24.1 Å². The average molecular weight is 244 g/mol. The number of hydrogen-bond acceptors (Lipinski definition) is 3. The number of nitrogens with one attached hydrogen (secondary N) is 1. The van der Waals surface area contributed by atoms with Gasteiger partial charge in [-0.3, -0.25) is 4.90 Å². The molecule has 0 aromatic rings. The SMILES string of the molecule is CCSCCCNCC1CCCCN1CC. The summed E-state index contributed by atoms with van der Waals surface area (Å²) in [5.41, 5.74) is 0. The molecule has 1 heterocycles. The van der Waals surface area contributed by atoms with Crippen LogP contribution in [0.5, 0.6) is 0 Å². The zero-order valence-electron chi connectivity index (χ0n) is 11.0. The summed E-state index contributed by atoms with van der Waals surface area (Å²) in [4.78, 5) is 2.64. The van der Waals surface area contributed by atoms with Crippen molar-refractivity contribution >= 4 is 11.8 Å². The molecule has 1 N–H and O–H groups in total. The predicted molar refractivity (Wildman–Crippen MR) is 75.4 cm³/mol. The van der Waals surface area contributed by atoms with Crippen LogP contribution in [0.3, 0.4) is 0 Å². The average Bonchev–Trinajstić information content (AvgIpc) is 2.34. The summed E-state index contributed by atoms with van der Waals surface area (Å²) in [5, 5.41) is 3.62. The van der Waals surface area contributed by atoms with Gasteiger partial charge in [-0.25, -0.2) is 0 Å². The molecule has 1 unspecified atom stereocenters. The summed E-state index contributed by atoms with van der Waals surface area (Å²) in [6, 6.07) is 0.803. The first-order valence-electron chi connectivity index (χ1n) is 6.91. The van der Waals surface area contributed by atoms with Crippen LogP contribution in [0.4, 0.5) is 0 Å². The van der Waals surface area contributed by atoms with Gasteiger partial charge in [0, 0.05) is 12.6 Å². The van der Waals surface area contributed by atoms with Crippen molar-refractivity contribution in [1.29, 1.82) is 0 Å². The molecule has 0 radical (unpaired) electrons. The molecule has 96 valence electrons. The van der Waals surface area contributed by atoms with Crippen LogP contribution >= 0.6 is 11.8 Å². The molecular weight excluding hydrogens is 216 g/mol. The van der Waals surface area contributed by atoms with Gasteiger partial charge < -0.3 is 5.32 Å². The van der Waals surface area contributed by atoms with E-state index in [4.69, 9.17) is 0 Å². The Balaban J connectivity index is 2.02. The van der Waals surface area contributed by atoms with Gasteiger partial charge in [0.25, 0.3) is 0 Å². The van der Waals surface area contributed by atoms with Gasteiger partial charge in [0.15, 0.2) is 0 Å². The highest BCUT2D eigenvalue weighted by Crippen LogP contribution is 2.15. The zero-order valence-corrected chi connectivity index (χ0v) is 11.8. The molecule has 1 rings (SSSR count). The van der Waals surface area contributed by atoms with Crippen LogP contribution in [0.2, 0.25) is 0 Å². The van der Waals surface area contributed by atoms with Gasteiger partial charge in [-0.05, 0) is 50.4 Å². The molecule has 1 aliphatic rings. The fourth-order valence-electron chi connectivity index (χ4n) is 2.42. The number of likely N-dealkylation sites (N-methyl/N-ethyl adjacent to an activating group) is 1. The second-order valence-corrected chi connectivity index (χ2v) is 5.93. The molecule has 0 aromatic carbocycles. The second kappa shape index (κ2) is 9.32. The fourth-order valence-corrected chi connectivity index (χ4v) is 3.06. The molecule has 1 aliphatic heterocycles. The monoisotopic (exact) mass is 244 g/mol. The highest BCUT2D eigenvalue weighted by atomic mass is 32.2. The van der Waals surface area contributed by atoms with E-state index in [0.717, 1.165) is 6.04 Å². The number of nitrogens with zero attached hydrogens (tertiary/aromatic N) is 1. The number of piperidine rings is 1. The summed E-state index contributed by atoms with van der Waals surface area (Å²) in [7, 11) is 0. The van der Waals surface area contributed by atoms with Crippen molar-refractivity contribution < 1.29 is 0 Å². The van der Waals surface area contributed by atoms with Gasteiger partial charge in [0.1, 0.15) is 0 Å². The third-order valence-corrected chi connectivity index (χ3v) is 4.37. The van der Waals surface area contributed by atoms with E-state index in [9.17, 15) is 0 Å². The highest BCUT2D eigenvalue weighted by molar-refractivity contribution is 7.99. The number of thioether (sulfide) groups is 1. The van der Waals surface area contributed by atoms with Crippen molar-refractivity contribution in [2.45, 2.75) is 45.6 Å². The largest absolute Gasteiger partial charge is 0.315 e. The summed E-state index contributed by atoms with van der Waals surface area (Å²) in [6.07, 6.45) is 5.54. The highest BCUT2D eigenvalue weighted by Gasteiger charge is 2.19. The van der Waals surface area contributed by atoms with Crippen molar-refractivity contribution in [3.05, 3.63) is 0 Å². The van der Waals surface area contributed by atoms with Crippen molar-refractivity contribution in [3.8, 4) is 0 Å². The first kappa shape index (κ1) is 14.3. The topological polar surface area (TPSA) is 15.3 Å². The Kier molecular flexibility index (Phi) is 8.34. The maximum atomic E-state index is 3.62. The Morgan fingerprint density at radius 1 is 1.31 bits per heavy atom. The van der Waals surface area contributed by atoms with Gasteiger partial charge in [-0.15, -0.1) is 0 Å². The van der Waals surface area contributed by atoms with E-state index in [1.807, 2.05) is 11.8 Å². The van der Waals surface area contributed by atoms with Crippen LogP contribution in [0.1, 0.15) is 39.5 Å². The first-order valence-corrected chi connectivity index (χ1v) is 8.06. The van der Waals surface area contributed by atoms with E-state index < -0.39 is 0 Å². The van der Waals surface area contributed by atoms with E-state index in [1.165, 1.54) is 63.4 Å². The third kappa shape index (κ3) is 5.55. The quantitative estimate of drug-likeness (QED) is 0.661. The molecule has 3 heteroatoms. The predicted octanol–water partition coefficient (Wildman–Crippen LogP) is 2.59. The van der Waals surface area contributed by atoms with E-state index in [1.54, 1.807) is 0 Å². The Morgan fingerprint density at radius 2 is 2.19 bits per heavy atom. The van der Waals surface area contributed by atoms with Crippen LogP contribution in [0, 0.1) is 0 Å². The summed E-state index contributed by atoms with van der Waals surface area (Å²) >= 11 is 2.05. The van der Waals surface area contributed by atoms with E-state index >= 15 is 0 Å². The molecule has 0 saturated carbocycles. The molecule has 1 fully saturated rings. The lowest BCUT2D eigenvalue weighted by atomic mass is 10.0. The molecule has 0 amide bonds. The number of likely N-dealkylation sites (tertiary alicyclic amines) is 1. The van der Waals surface area contributed by atoms with Gasteiger partial charge in [0.05, 0.1) is 0 Å². The molecular formula is C13H28N2S. The Morgan fingerprint density at radius 3 is 2.94 bits per heavy atom. The van der Waals surface area contributed by atoms with Crippen LogP contribution in [0.25, 0.3) is 0 Å². The molecule has 1 saturated heterocycles. The Bertz CT molecular complexity index is 164. The number of rotatable bonds is 8. The summed E-state index contributed by atoms with van der Waals surface area (Å²) in [6.45, 7) is 9.45. The molecule has 1 atom stereocenters. The first-order chi connectivity index (χ1) is 7.88. The standard InChI is InChI=1S/C13H28N2S/c1-3-15-10-6-5-8-13(15)12-14-9-7-11-16-4-2/h13-14H,3-12H2,1-2H3. The smallest absolute Gasteiger partial charge is 0.0220 e. The maximum Gasteiger partial charge on any atom is 0.0220 e. The van der Waals surface area contributed by atoms with Crippen LogP contribution in [0.15, 0.2) is 0 Å². The van der Waals surface area contributed by atoms with Crippen molar-refractivity contribution in [2.24, 2.45) is 0 Å². The molecule has 0 bridgehead atoms. The lowest BCUT2D eigenvalue weighted by Gasteiger charge is -2.35. The van der Waals surface area contributed by atoms with Gasteiger partial charge >= 0.3 is 0 Å². The van der Waals surface area contributed by atoms with Crippen molar-refractivity contribution in [2.75, 3.05) is 37.7 Å². The van der Waals surface area contributed by atoms with Crippen molar-refractivity contribution in [3.63, 3.8) is 0 Å². The minimum atomic E-state index is 0.803. The molecule has 0 aromatic heterocycles.